The van der Waals surface area contributed by atoms with Crippen LogP contribution in [0.1, 0.15) is 41.9 Å². The molecular weight excluding hydrogens is 749 g/mol. The van der Waals surface area contributed by atoms with Gasteiger partial charge in [0.05, 0.1) is 39.0 Å². The number of nitrogens with zero attached hydrogens (tertiary/aromatic N) is 4. The fraction of sp³-hybridized carbons (Fsp3) is 0.395. The van der Waals surface area contributed by atoms with Gasteiger partial charge in [-0.15, -0.1) is 0 Å². The van der Waals surface area contributed by atoms with Gasteiger partial charge in [-0.1, -0.05) is 60.1 Å². The lowest BCUT2D eigenvalue weighted by Gasteiger charge is -2.34. The number of fused-ring (bicyclic) bond motifs is 1. The third kappa shape index (κ3) is 11.7. The highest BCUT2D eigenvalue weighted by Gasteiger charge is 2.27. The van der Waals surface area contributed by atoms with Crippen LogP contribution in [0.15, 0.2) is 79.1 Å². The number of aryl methyl sites for hydroxylation is 1. The topological polar surface area (TPSA) is 134 Å². The number of piperidine rings is 1. The first-order valence-corrected chi connectivity index (χ1v) is 20.0. The van der Waals surface area contributed by atoms with Crippen LogP contribution >= 0.6 is 11.6 Å². The second-order valence-corrected chi connectivity index (χ2v) is 14.9. The zero-order valence-corrected chi connectivity index (χ0v) is 32.7. The summed E-state index contributed by atoms with van der Waals surface area (Å²) in [5, 5.41) is 6.64. The molecule has 0 saturated carbocycles. The summed E-state index contributed by atoms with van der Waals surface area (Å²) < 4.78 is 31.0. The number of amides is 2. The molecule has 4 heterocycles. The number of rotatable bonds is 19. The Balaban J connectivity index is 0.709. The van der Waals surface area contributed by atoms with E-state index >= 15 is 0 Å². The zero-order chi connectivity index (χ0) is 39.4. The van der Waals surface area contributed by atoms with Crippen LogP contribution in [0.3, 0.4) is 0 Å². The first-order valence-electron chi connectivity index (χ1n) is 19.6. The lowest BCUT2D eigenvalue weighted by Crippen LogP contribution is -2.46. The highest BCUT2D eigenvalue weighted by Crippen LogP contribution is 2.30. The van der Waals surface area contributed by atoms with E-state index < -0.39 is 5.82 Å². The molecule has 300 valence electrons. The van der Waals surface area contributed by atoms with Crippen molar-refractivity contribution in [2.24, 2.45) is 0 Å². The monoisotopic (exact) mass is 797 g/mol. The maximum absolute atomic E-state index is 13.7. The Bertz CT molecular complexity index is 2070. The number of nitrogens with one attached hydrogen (secondary N) is 3. The minimum Gasteiger partial charge on any atom is -0.379 e. The molecule has 2 aliphatic heterocycles. The Morgan fingerprint density at radius 1 is 0.842 bits per heavy atom. The number of carbonyl (C=O) groups excluding carboxylic acids is 2. The van der Waals surface area contributed by atoms with E-state index in [-0.39, 0.29) is 17.7 Å². The number of ether oxygens (including phenoxy) is 3. The number of aromatic nitrogens is 3. The van der Waals surface area contributed by atoms with Gasteiger partial charge < -0.3 is 24.5 Å². The van der Waals surface area contributed by atoms with Gasteiger partial charge in [-0.3, -0.25) is 24.7 Å². The van der Waals surface area contributed by atoms with Crippen molar-refractivity contribution >= 4 is 46.1 Å². The van der Waals surface area contributed by atoms with Crippen LogP contribution in [-0.4, -0.2) is 109 Å². The van der Waals surface area contributed by atoms with Crippen LogP contribution in [0.25, 0.3) is 22.2 Å². The number of piperazine rings is 1. The summed E-state index contributed by atoms with van der Waals surface area (Å²) in [6.45, 7) is 9.45. The molecule has 2 amide bonds. The molecule has 2 saturated heterocycles. The van der Waals surface area contributed by atoms with E-state index in [0.717, 1.165) is 74.2 Å². The lowest BCUT2D eigenvalue weighted by molar-refractivity contribution is -0.134. The maximum Gasteiger partial charge on any atom is 0.234 e. The van der Waals surface area contributed by atoms with Gasteiger partial charge in [0.2, 0.25) is 17.8 Å². The van der Waals surface area contributed by atoms with E-state index in [1.54, 1.807) is 12.3 Å². The molecule has 3 N–H and O–H groups in total. The van der Waals surface area contributed by atoms with Crippen LogP contribution in [0, 0.1) is 5.82 Å². The molecule has 57 heavy (non-hydrogen) atoms. The fourth-order valence-electron chi connectivity index (χ4n) is 7.22. The van der Waals surface area contributed by atoms with Crippen LogP contribution in [0.5, 0.6) is 0 Å². The molecule has 0 spiro atoms. The second kappa shape index (κ2) is 20.1. The van der Waals surface area contributed by atoms with Crippen molar-refractivity contribution in [2.75, 3.05) is 77.7 Å². The summed E-state index contributed by atoms with van der Waals surface area (Å²) in [4.78, 5) is 40.7. The van der Waals surface area contributed by atoms with E-state index in [4.69, 9.17) is 25.8 Å². The fourth-order valence-corrected chi connectivity index (χ4v) is 7.44. The minimum atomic E-state index is -0.432. The number of halogens is 2. The molecule has 1 atom stereocenters. The average molecular weight is 798 g/mol. The molecule has 0 radical (unpaired) electrons. The summed E-state index contributed by atoms with van der Waals surface area (Å²) in [6.07, 6.45) is 6.47. The minimum absolute atomic E-state index is 0.190. The van der Waals surface area contributed by atoms with Gasteiger partial charge in [-0.25, -0.2) is 9.37 Å². The number of aromatic amines is 1. The van der Waals surface area contributed by atoms with Crippen LogP contribution in [0.2, 0.25) is 5.02 Å². The number of hydrogen-bond donors (Lipinski definition) is 3. The van der Waals surface area contributed by atoms with Gasteiger partial charge in [0, 0.05) is 86.3 Å². The molecule has 12 nitrogen and oxygen atoms in total. The van der Waals surface area contributed by atoms with Crippen molar-refractivity contribution in [1.82, 2.24) is 30.1 Å². The van der Waals surface area contributed by atoms with E-state index in [9.17, 15) is 14.0 Å². The van der Waals surface area contributed by atoms with E-state index in [1.807, 2.05) is 18.3 Å². The van der Waals surface area contributed by atoms with Gasteiger partial charge in [-0.05, 0) is 59.7 Å². The molecule has 14 heteroatoms. The van der Waals surface area contributed by atoms with Crippen molar-refractivity contribution in [1.29, 1.82) is 0 Å². The van der Waals surface area contributed by atoms with Gasteiger partial charge >= 0.3 is 0 Å². The van der Waals surface area contributed by atoms with Crippen LogP contribution in [-0.2, 0) is 36.8 Å². The molecule has 2 aromatic heterocycles. The summed E-state index contributed by atoms with van der Waals surface area (Å²) in [5.74, 6) is -0.717. The SMILES string of the molecule is O=C1CCC(c2ccc(CCCOCCOCCOCCN3CCN(Cc4ccc(-c5c[nH]c6nc(Nc7cc(F)cc(Cl)c7)ncc56)cc4)CC3)cc2)C(=O)N1. The number of carbonyl (C=O) groups is 2. The predicted octanol–water partition coefficient (Wildman–Crippen LogP) is 6.48. The van der Waals surface area contributed by atoms with Gasteiger partial charge in [0.1, 0.15) is 11.5 Å². The smallest absolute Gasteiger partial charge is 0.234 e. The largest absolute Gasteiger partial charge is 0.379 e. The van der Waals surface area contributed by atoms with Gasteiger partial charge in [-0.2, -0.15) is 4.98 Å². The summed E-state index contributed by atoms with van der Waals surface area (Å²) >= 11 is 5.98. The van der Waals surface area contributed by atoms with E-state index in [1.165, 1.54) is 23.3 Å². The molecular formula is C43H49ClFN7O5. The number of H-pyrrole nitrogens is 1. The first kappa shape index (κ1) is 40.4. The zero-order valence-electron chi connectivity index (χ0n) is 32.0. The summed E-state index contributed by atoms with van der Waals surface area (Å²) in [6, 6.07) is 21.0. The lowest BCUT2D eigenvalue weighted by atomic mass is 9.90. The van der Waals surface area contributed by atoms with Gasteiger partial charge in [0.15, 0.2) is 0 Å². The van der Waals surface area contributed by atoms with E-state index in [2.05, 4.69) is 71.8 Å². The van der Waals surface area contributed by atoms with Crippen LogP contribution in [0.4, 0.5) is 16.0 Å². The van der Waals surface area contributed by atoms with Crippen LogP contribution < -0.4 is 10.6 Å². The number of anilines is 2. The average Bonchev–Trinajstić information content (AvgIpc) is 3.62. The highest BCUT2D eigenvalue weighted by atomic mass is 35.5. The molecule has 5 aromatic rings. The normalized spacial score (nSPS) is 16.6. The molecule has 2 aliphatic rings. The van der Waals surface area contributed by atoms with Crippen molar-refractivity contribution in [3.8, 4) is 11.1 Å². The number of benzene rings is 3. The quantitative estimate of drug-likeness (QED) is 0.0630. The molecule has 2 fully saturated rings. The Morgan fingerprint density at radius 2 is 1.54 bits per heavy atom. The van der Waals surface area contributed by atoms with Gasteiger partial charge in [0.25, 0.3) is 0 Å². The third-order valence-electron chi connectivity index (χ3n) is 10.4. The van der Waals surface area contributed by atoms with Crippen molar-refractivity contribution in [3.63, 3.8) is 0 Å². The summed E-state index contributed by atoms with van der Waals surface area (Å²) in [5.41, 5.74) is 6.70. The van der Waals surface area contributed by atoms with Crippen molar-refractivity contribution in [3.05, 3.63) is 107 Å². The molecule has 0 aliphatic carbocycles. The van der Waals surface area contributed by atoms with Crippen molar-refractivity contribution in [2.45, 2.75) is 38.1 Å². The molecule has 0 bridgehead atoms. The predicted molar refractivity (Wildman–Crippen MR) is 218 cm³/mol. The Morgan fingerprint density at radius 3 is 2.28 bits per heavy atom. The number of hydrogen-bond acceptors (Lipinski definition) is 10. The Kier molecular flexibility index (Phi) is 14.3. The Labute approximate surface area is 337 Å². The van der Waals surface area contributed by atoms with E-state index in [0.29, 0.717) is 74.8 Å². The number of imide groups is 1. The third-order valence-corrected chi connectivity index (χ3v) is 10.6. The molecule has 3 aromatic carbocycles. The van der Waals surface area contributed by atoms with Crippen molar-refractivity contribution < 1.29 is 28.2 Å². The standard InChI is InChI=1S/C43H49ClFN7O5/c44-34-24-35(45)26-36(25-34)48-43-47-28-39-38(27-46-41(39)50-43)33-9-5-31(6-10-33)29-52-15-13-51(14-16-52)17-19-56-21-23-57-22-20-55-18-1-2-30-3-7-32(8-4-30)37-11-12-40(53)49-42(37)54/h3-10,24-28,37H,1-2,11-23,29H2,(H,49,53,54)(H2,46,47,48,50). The maximum atomic E-state index is 13.7. The molecule has 7 rings (SSSR count). The second-order valence-electron chi connectivity index (χ2n) is 14.4. The molecule has 1 unspecified atom stereocenters. The Hall–Kier alpha value is -4.76. The summed E-state index contributed by atoms with van der Waals surface area (Å²) in [7, 11) is 0. The highest BCUT2D eigenvalue weighted by molar-refractivity contribution is 6.30. The first-order chi connectivity index (χ1) is 27.9.